The van der Waals surface area contributed by atoms with Crippen LogP contribution in [0.1, 0.15) is 46.0 Å². The molecule has 104 valence electrons. The molecule has 1 atom stereocenters. The smallest absolute Gasteiger partial charge is 0.229 e. The van der Waals surface area contributed by atoms with Gasteiger partial charge in [-0.2, -0.15) is 0 Å². The van der Waals surface area contributed by atoms with Crippen molar-refractivity contribution >= 4 is 5.91 Å². The number of carbonyl (C=O) groups excluding carboxylic acids is 1. The van der Waals surface area contributed by atoms with Crippen molar-refractivity contribution in [2.24, 2.45) is 11.8 Å². The lowest BCUT2D eigenvalue weighted by molar-refractivity contribution is -0.129. The molecule has 0 bridgehead atoms. The summed E-state index contributed by atoms with van der Waals surface area (Å²) >= 11 is 0. The Bertz CT molecular complexity index is 415. The standard InChI is InChI=1S/C17H25NO/c1-4-18(17(19)16-9-10-16)12-11-14(3)15-7-5-13(2)6-8-15/h4-5,11,15-16H,1,6-10,12H2,2-3H3/b14-11+. The summed E-state index contributed by atoms with van der Waals surface area (Å²) in [7, 11) is 0. The van der Waals surface area contributed by atoms with Crippen molar-refractivity contribution in [2.75, 3.05) is 6.54 Å². The average Bonchev–Trinajstić information content (AvgIpc) is 3.24. The van der Waals surface area contributed by atoms with Crippen LogP contribution >= 0.6 is 0 Å². The van der Waals surface area contributed by atoms with E-state index in [0.29, 0.717) is 12.5 Å². The molecule has 0 heterocycles. The third kappa shape index (κ3) is 3.82. The average molecular weight is 259 g/mol. The Labute approximate surface area is 116 Å². The van der Waals surface area contributed by atoms with Crippen LogP contribution in [0.4, 0.5) is 0 Å². The highest BCUT2D eigenvalue weighted by molar-refractivity contribution is 5.82. The molecule has 0 N–H and O–H groups in total. The molecule has 0 aromatic heterocycles. The van der Waals surface area contributed by atoms with Crippen molar-refractivity contribution in [1.82, 2.24) is 4.90 Å². The first-order valence-electron chi connectivity index (χ1n) is 7.37. The molecule has 0 aromatic carbocycles. The normalized spacial score (nSPS) is 23.8. The Morgan fingerprint density at radius 1 is 1.42 bits per heavy atom. The van der Waals surface area contributed by atoms with Gasteiger partial charge in [0.25, 0.3) is 0 Å². The summed E-state index contributed by atoms with van der Waals surface area (Å²) < 4.78 is 0. The highest BCUT2D eigenvalue weighted by atomic mass is 16.2. The summed E-state index contributed by atoms with van der Waals surface area (Å²) in [5.41, 5.74) is 2.93. The van der Waals surface area contributed by atoms with Crippen LogP contribution in [0.25, 0.3) is 0 Å². The van der Waals surface area contributed by atoms with E-state index in [-0.39, 0.29) is 11.8 Å². The molecule has 1 saturated carbocycles. The molecule has 0 aliphatic heterocycles. The Kier molecular flexibility index (Phi) is 4.62. The third-order valence-electron chi connectivity index (χ3n) is 4.32. The molecule has 1 unspecified atom stereocenters. The summed E-state index contributed by atoms with van der Waals surface area (Å²) in [6.45, 7) is 8.85. The first kappa shape index (κ1) is 14.1. The number of hydrogen-bond donors (Lipinski definition) is 0. The van der Waals surface area contributed by atoms with Crippen LogP contribution in [0.15, 0.2) is 36.1 Å². The van der Waals surface area contributed by atoms with E-state index in [1.807, 2.05) is 0 Å². The Morgan fingerprint density at radius 2 is 2.16 bits per heavy atom. The fraction of sp³-hybridized carbons (Fsp3) is 0.588. The minimum atomic E-state index is 0.249. The van der Waals surface area contributed by atoms with Gasteiger partial charge in [-0.05, 0) is 58.1 Å². The second-order valence-electron chi connectivity index (χ2n) is 5.92. The fourth-order valence-corrected chi connectivity index (χ4v) is 2.61. The van der Waals surface area contributed by atoms with E-state index in [1.165, 1.54) is 24.0 Å². The highest BCUT2D eigenvalue weighted by Gasteiger charge is 2.32. The SMILES string of the molecule is C=CN(C/C=C(\C)C1CC=C(C)CC1)C(=O)C1CC1. The topological polar surface area (TPSA) is 20.3 Å². The lowest BCUT2D eigenvalue weighted by atomic mass is 9.85. The molecular formula is C17H25NO. The van der Waals surface area contributed by atoms with Crippen LogP contribution in [-0.2, 0) is 4.79 Å². The zero-order valence-electron chi connectivity index (χ0n) is 12.2. The summed E-state index contributed by atoms with van der Waals surface area (Å²) in [6, 6.07) is 0. The maximum atomic E-state index is 12.0. The zero-order chi connectivity index (χ0) is 13.8. The van der Waals surface area contributed by atoms with Crippen LogP contribution < -0.4 is 0 Å². The number of rotatable bonds is 5. The van der Waals surface area contributed by atoms with Crippen molar-refractivity contribution in [3.05, 3.63) is 36.1 Å². The number of nitrogens with zero attached hydrogens (tertiary/aromatic N) is 1. The molecule has 2 rings (SSSR count). The molecule has 1 amide bonds. The molecule has 0 saturated heterocycles. The number of hydrogen-bond acceptors (Lipinski definition) is 1. The van der Waals surface area contributed by atoms with Gasteiger partial charge in [0.1, 0.15) is 0 Å². The van der Waals surface area contributed by atoms with Crippen molar-refractivity contribution in [1.29, 1.82) is 0 Å². The van der Waals surface area contributed by atoms with Crippen molar-refractivity contribution < 1.29 is 4.79 Å². The number of carbonyl (C=O) groups is 1. The van der Waals surface area contributed by atoms with Gasteiger partial charge in [-0.1, -0.05) is 29.9 Å². The van der Waals surface area contributed by atoms with E-state index in [2.05, 4.69) is 32.6 Å². The molecule has 19 heavy (non-hydrogen) atoms. The maximum absolute atomic E-state index is 12.0. The first-order chi connectivity index (χ1) is 9.11. The van der Waals surface area contributed by atoms with E-state index in [0.717, 1.165) is 19.3 Å². The quantitative estimate of drug-likeness (QED) is 0.682. The molecule has 2 heteroatoms. The lowest BCUT2D eigenvalue weighted by Crippen LogP contribution is -2.27. The molecule has 2 aliphatic carbocycles. The van der Waals surface area contributed by atoms with Crippen LogP contribution in [0.3, 0.4) is 0 Å². The molecule has 0 aromatic rings. The van der Waals surface area contributed by atoms with Crippen LogP contribution in [-0.4, -0.2) is 17.4 Å². The van der Waals surface area contributed by atoms with Crippen molar-refractivity contribution in [3.8, 4) is 0 Å². The lowest BCUT2D eigenvalue weighted by Gasteiger charge is -2.22. The second kappa shape index (κ2) is 6.23. The van der Waals surface area contributed by atoms with Gasteiger partial charge in [-0.15, -0.1) is 0 Å². The second-order valence-corrected chi connectivity index (χ2v) is 5.92. The maximum Gasteiger partial charge on any atom is 0.229 e. The van der Waals surface area contributed by atoms with Gasteiger partial charge in [0, 0.05) is 12.5 Å². The molecule has 0 spiro atoms. The molecule has 1 fully saturated rings. The van der Waals surface area contributed by atoms with Gasteiger partial charge < -0.3 is 4.90 Å². The highest BCUT2D eigenvalue weighted by Crippen LogP contribution is 2.31. The zero-order valence-corrected chi connectivity index (χ0v) is 12.2. The number of allylic oxidation sites excluding steroid dienone is 3. The minimum Gasteiger partial charge on any atom is -0.316 e. The molecular weight excluding hydrogens is 234 g/mol. The van der Waals surface area contributed by atoms with E-state index in [9.17, 15) is 4.79 Å². The van der Waals surface area contributed by atoms with Crippen LogP contribution in [0.5, 0.6) is 0 Å². The van der Waals surface area contributed by atoms with E-state index in [4.69, 9.17) is 0 Å². The van der Waals surface area contributed by atoms with E-state index < -0.39 is 0 Å². The van der Waals surface area contributed by atoms with Crippen LogP contribution in [0, 0.1) is 11.8 Å². The Morgan fingerprint density at radius 3 is 2.68 bits per heavy atom. The third-order valence-corrected chi connectivity index (χ3v) is 4.32. The number of amides is 1. The minimum absolute atomic E-state index is 0.249. The van der Waals surface area contributed by atoms with Gasteiger partial charge in [-0.25, -0.2) is 0 Å². The van der Waals surface area contributed by atoms with Crippen molar-refractivity contribution in [2.45, 2.75) is 46.0 Å². The van der Waals surface area contributed by atoms with E-state index in [1.54, 1.807) is 11.1 Å². The Balaban J connectivity index is 1.89. The predicted octanol–water partition coefficient (Wildman–Crippen LogP) is 4.06. The Hall–Kier alpha value is -1.31. The van der Waals surface area contributed by atoms with Crippen LogP contribution in [0.2, 0.25) is 0 Å². The van der Waals surface area contributed by atoms with Gasteiger partial charge in [0.15, 0.2) is 0 Å². The summed E-state index contributed by atoms with van der Waals surface area (Å²) in [5.74, 6) is 1.18. The summed E-state index contributed by atoms with van der Waals surface area (Å²) in [4.78, 5) is 13.8. The fourth-order valence-electron chi connectivity index (χ4n) is 2.61. The molecule has 2 aliphatic rings. The predicted molar refractivity (Wildman–Crippen MR) is 79.5 cm³/mol. The van der Waals surface area contributed by atoms with Gasteiger partial charge in [0.2, 0.25) is 5.91 Å². The van der Waals surface area contributed by atoms with Gasteiger partial charge in [0.05, 0.1) is 0 Å². The largest absolute Gasteiger partial charge is 0.316 e. The summed E-state index contributed by atoms with van der Waals surface area (Å²) in [5, 5.41) is 0. The molecule has 0 radical (unpaired) electrons. The summed E-state index contributed by atoms with van der Waals surface area (Å²) in [6.07, 6.45) is 12.0. The van der Waals surface area contributed by atoms with Crippen molar-refractivity contribution in [3.63, 3.8) is 0 Å². The molecule has 2 nitrogen and oxygen atoms in total. The van der Waals surface area contributed by atoms with Gasteiger partial charge in [-0.3, -0.25) is 4.79 Å². The monoisotopic (exact) mass is 259 g/mol. The van der Waals surface area contributed by atoms with E-state index >= 15 is 0 Å². The first-order valence-corrected chi connectivity index (χ1v) is 7.37. The van der Waals surface area contributed by atoms with Gasteiger partial charge >= 0.3 is 0 Å².